The van der Waals surface area contributed by atoms with Gasteiger partial charge in [-0.3, -0.25) is 4.79 Å². The van der Waals surface area contributed by atoms with Gasteiger partial charge in [0, 0.05) is 6.07 Å². The minimum Gasteiger partial charge on any atom is -0.492 e. The van der Waals surface area contributed by atoms with Gasteiger partial charge in [-0.1, -0.05) is 6.92 Å². The summed E-state index contributed by atoms with van der Waals surface area (Å²) in [5.74, 6) is 0.427. The number of benzene rings is 1. The maximum atomic E-state index is 13.2. The van der Waals surface area contributed by atoms with Crippen LogP contribution in [0.15, 0.2) is 18.2 Å². The highest BCUT2D eigenvalue weighted by Gasteiger charge is 2.25. The maximum Gasteiger partial charge on any atom is 0.241 e. The van der Waals surface area contributed by atoms with E-state index in [0.29, 0.717) is 24.0 Å². The zero-order valence-corrected chi connectivity index (χ0v) is 11.9. The summed E-state index contributed by atoms with van der Waals surface area (Å²) >= 11 is 0. The largest absolute Gasteiger partial charge is 0.492 e. The number of carbonyl (C=O) groups is 1. The van der Waals surface area contributed by atoms with Crippen molar-refractivity contribution in [1.29, 1.82) is 0 Å². The molecule has 20 heavy (non-hydrogen) atoms. The number of hydrogen-bond acceptors (Lipinski definition) is 3. The average molecular weight is 280 g/mol. The Hall–Kier alpha value is -1.62. The Morgan fingerprint density at radius 1 is 1.55 bits per heavy atom. The number of amides is 1. The van der Waals surface area contributed by atoms with Crippen molar-refractivity contribution in [3.63, 3.8) is 0 Å². The van der Waals surface area contributed by atoms with E-state index in [1.807, 2.05) is 6.92 Å². The second-order valence-corrected chi connectivity index (χ2v) is 5.20. The van der Waals surface area contributed by atoms with Gasteiger partial charge in [-0.15, -0.1) is 0 Å². The molecule has 4 nitrogen and oxygen atoms in total. The summed E-state index contributed by atoms with van der Waals surface area (Å²) in [6, 6.07) is 3.94. The topological polar surface area (TPSA) is 50.4 Å². The Kier molecular flexibility index (Phi) is 4.95. The van der Waals surface area contributed by atoms with E-state index in [0.717, 1.165) is 19.4 Å². The van der Waals surface area contributed by atoms with Gasteiger partial charge in [0.05, 0.1) is 18.3 Å². The van der Waals surface area contributed by atoms with Gasteiger partial charge in [0.2, 0.25) is 5.91 Å². The van der Waals surface area contributed by atoms with Crippen LogP contribution in [0.1, 0.15) is 26.7 Å². The molecule has 1 fully saturated rings. The minimum atomic E-state index is -0.379. The second kappa shape index (κ2) is 6.70. The van der Waals surface area contributed by atoms with Gasteiger partial charge in [-0.05, 0) is 44.4 Å². The SMILES string of the molecule is CCOc1cc(F)ccc1NC(=O)C1CC(C)CCN1. The van der Waals surface area contributed by atoms with E-state index in [-0.39, 0.29) is 17.8 Å². The predicted molar refractivity (Wildman–Crippen MR) is 76.4 cm³/mol. The number of halogens is 1. The molecule has 1 aliphatic rings. The third-order valence-electron chi connectivity index (χ3n) is 3.48. The molecule has 1 aromatic rings. The number of hydrogen-bond donors (Lipinski definition) is 2. The standard InChI is InChI=1S/C15H21FN2O2/c1-3-20-14-9-11(16)4-5-12(14)18-15(19)13-8-10(2)6-7-17-13/h4-5,9-10,13,17H,3,6-8H2,1-2H3,(H,18,19). The number of carbonyl (C=O) groups excluding carboxylic acids is 1. The van der Waals surface area contributed by atoms with Crippen LogP contribution in [0.3, 0.4) is 0 Å². The van der Waals surface area contributed by atoms with Crippen molar-refractivity contribution in [3.8, 4) is 5.75 Å². The molecule has 2 rings (SSSR count). The summed E-state index contributed by atoms with van der Waals surface area (Å²) in [5.41, 5.74) is 0.512. The molecule has 0 aliphatic carbocycles. The van der Waals surface area contributed by atoms with Crippen LogP contribution in [0.25, 0.3) is 0 Å². The first-order valence-electron chi connectivity index (χ1n) is 7.06. The number of rotatable bonds is 4. The molecule has 0 radical (unpaired) electrons. The molecule has 110 valence electrons. The van der Waals surface area contributed by atoms with E-state index in [1.165, 1.54) is 18.2 Å². The van der Waals surface area contributed by atoms with Crippen LogP contribution in [0.5, 0.6) is 5.75 Å². The van der Waals surface area contributed by atoms with Crippen LogP contribution >= 0.6 is 0 Å². The van der Waals surface area contributed by atoms with Crippen LogP contribution < -0.4 is 15.4 Å². The van der Waals surface area contributed by atoms with Crippen molar-refractivity contribution in [1.82, 2.24) is 5.32 Å². The summed E-state index contributed by atoms with van der Waals surface area (Å²) < 4.78 is 18.6. The highest BCUT2D eigenvalue weighted by atomic mass is 19.1. The Balaban J connectivity index is 2.06. The first-order valence-corrected chi connectivity index (χ1v) is 7.06. The zero-order chi connectivity index (χ0) is 14.5. The minimum absolute atomic E-state index is 0.0934. The lowest BCUT2D eigenvalue weighted by molar-refractivity contribution is -0.119. The van der Waals surface area contributed by atoms with Crippen molar-refractivity contribution in [2.24, 2.45) is 5.92 Å². The lowest BCUT2D eigenvalue weighted by atomic mass is 9.94. The average Bonchev–Trinajstić information content (AvgIpc) is 2.42. The van der Waals surface area contributed by atoms with E-state index in [9.17, 15) is 9.18 Å². The number of ether oxygens (including phenoxy) is 1. The molecule has 1 saturated heterocycles. The molecule has 1 amide bonds. The van der Waals surface area contributed by atoms with Crippen LogP contribution in [0, 0.1) is 11.7 Å². The molecular formula is C15H21FN2O2. The Bertz CT molecular complexity index is 479. The Morgan fingerprint density at radius 3 is 3.05 bits per heavy atom. The quantitative estimate of drug-likeness (QED) is 0.891. The fraction of sp³-hybridized carbons (Fsp3) is 0.533. The summed E-state index contributed by atoms with van der Waals surface area (Å²) in [5, 5.41) is 6.03. The molecule has 2 N–H and O–H groups in total. The monoisotopic (exact) mass is 280 g/mol. The van der Waals surface area contributed by atoms with Crippen LogP contribution in [0.2, 0.25) is 0 Å². The lowest BCUT2D eigenvalue weighted by Gasteiger charge is -2.27. The van der Waals surface area contributed by atoms with Crippen molar-refractivity contribution >= 4 is 11.6 Å². The summed E-state index contributed by atoms with van der Waals surface area (Å²) in [7, 11) is 0. The van der Waals surface area contributed by atoms with Gasteiger partial charge >= 0.3 is 0 Å². The molecule has 0 bridgehead atoms. The molecule has 0 spiro atoms. The predicted octanol–water partition coefficient (Wildman–Crippen LogP) is 2.55. The van der Waals surface area contributed by atoms with Gasteiger partial charge in [-0.25, -0.2) is 4.39 Å². The molecule has 0 saturated carbocycles. The smallest absolute Gasteiger partial charge is 0.241 e. The van der Waals surface area contributed by atoms with Crippen molar-refractivity contribution in [3.05, 3.63) is 24.0 Å². The molecule has 2 atom stereocenters. The van der Waals surface area contributed by atoms with E-state index >= 15 is 0 Å². The van der Waals surface area contributed by atoms with Crippen molar-refractivity contribution < 1.29 is 13.9 Å². The number of nitrogens with one attached hydrogen (secondary N) is 2. The number of piperidine rings is 1. The van der Waals surface area contributed by atoms with Gasteiger partial charge in [0.1, 0.15) is 11.6 Å². The van der Waals surface area contributed by atoms with E-state index in [1.54, 1.807) is 0 Å². The zero-order valence-electron chi connectivity index (χ0n) is 11.9. The summed E-state index contributed by atoms with van der Waals surface area (Å²) in [6.45, 7) is 5.23. The molecule has 5 heteroatoms. The Morgan fingerprint density at radius 2 is 2.35 bits per heavy atom. The molecule has 0 aromatic heterocycles. The third-order valence-corrected chi connectivity index (χ3v) is 3.48. The number of anilines is 1. The fourth-order valence-corrected chi connectivity index (χ4v) is 2.40. The van der Waals surface area contributed by atoms with E-state index in [2.05, 4.69) is 17.6 Å². The molecule has 1 aromatic carbocycles. The van der Waals surface area contributed by atoms with Crippen LogP contribution in [-0.2, 0) is 4.79 Å². The summed E-state index contributed by atoms with van der Waals surface area (Å²) in [4.78, 5) is 12.2. The van der Waals surface area contributed by atoms with E-state index in [4.69, 9.17) is 4.74 Å². The lowest BCUT2D eigenvalue weighted by Crippen LogP contribution is -2.45. The summed E-state index contributed by atoms with van der Waals surface area (Å²) in [6.07, 6.45) is 1.90. The molecule has 1 aliphatic heterocycles. The fourth-order valence-electron chi connectivity index (χ4n) is 2.40. The highest BCUT2D eigenvalue weighted by Crippen LogP contribution is 2.26. The first-order chi connectivity index (χ1) is 9.60. The van der Waals surface area contributed by atoms with Crippen LogP contribution in [0.4, 0.5) is 10.1 Å². The molecule has 2 unspecified atom stereocenters. The van der Waals surface area contributed by atoms with Gasteiger partial charge in [-0.2, -0.15) is 0 Å². The maximum absolute atomic E-state index is 13.2. The Labute approximate surface area is 118 Å². The van der Waals surface area contributed by atoms with Gasteiger partial charge < -0.3 is 15.4 Å². The molecule has 1 heterocycles. The first kappa shape index (κ1) is 14.8. The van der Waals surface area contributed by atoms with Gasteiger partial charge in [0.25, 0.3) is 0 Å². The van der Waals surface area contributed by atoms with E-state index < -0.39 is 0 Å². The van der Waals surface area contributed by atoms with Crippen molar-refractivity contribution in [2.45, 2.75) is 32.7 Å². The normalized spacial score (nSPS) is 22.4. The molecular weight excluding hydrogens is 259 g/mol. The van der Waals surface area contributed by atoms with Crippen molar-refractivity contribution in [2.75, 3.05) is 18.5 Å². The highest BCUT2D eigenvalue weighted by molar-refractivity contribution is 5.96. The van der Waals surface area contributed by atoms with Crippen LogP contribution in [-0.4, -0.2) is 25.1 Å². The van der Waals surface area contributed by atoms with Gasteiger partial charge in [0.15, 0.2) is 0 Å². The third kappa shape index (κ3) is 3.70. The second-order valence-electron chi connectivity index (χ2n) is 5.20.